The Morgan fingerprint density at radius 1 is 1.46 bits per heavy atom. The van der Waals surface area contributed by atoms with E-state index < -0.39 is 21.0 Å². The summed E-state index contributed by atoms with van der Waals surface area (Å²) in [5.74, 6) is 0. The van der Waals surface area contributed by atoms with Crippen LogP contribution in [-0.4, -0.2) is 19.7 Å². The summed E-state index contributed by atoms with van der Waals surface area (Å²) in [4.78, 5) is 2.97. The highest BCUT2D eigenvalue weighted by molar-refractivity contribution is 7.92. The molecule has 0 aromatic carbocycles. The van der Waals surface area contributed by atoms with Gasteiger partial charge >= 0.3 is 6.18 Å². The zero-order valence-electron chi connectivity index (χ0n) is 6.29. The van der Waals surface area contributed by atoms with Crippen molar-refractivity contribution >= 4 is 21.2 Å². The Morgan fingerprint density at radius 2 is 2.00 bits per heavy atom. The van der Waals surface area contributed by atoms with Crippen molar-refractivity contribution in [1.82, 2.24) is 4.98 Å². The normalized spacial score (nSPS) is 13.2. The standard InChI is InChI=1S/C5H4F3NO2S2/c1-13(10,11)3-2-9-4(12-3)5(6,7)8/h2H,1H3. The van der Waals surface area contributed by atoms with Crippen LogP contribution in [0, 0.1) is 0 Å². The fourth-order valence-electron chi connectivity index (χ4n) is 0.562. The van der Waals surface area contributed by atoms with E-state index in [-0.39, 0.29) is 15.5 Å². The molecule has 0 unspecified atom stereocenters. The van der Waals surface area contributed by atoms with E-state index in [1.54, 1.807) is 0 Å². The van der Waals surface area contributed by atoms with Crippen LogP contribution in [0.1, 0.15) is 5.01 Å². The van der Waals surface area contributed by atoms with Crippen molar-refractivity contribution in [2.75, 3.05) is 6.26 Å². The number of hydrogen-bond donors (Lipinski definition) is 0. The number of nitrogens with zero attached hydrogens (tertiary/aromatic N) is 1. The summed E-state index contributed by atoms with van der Waals surface area (Å²) < 4.78 is 57.0. The first-order valence-electron chi connectivity index (χ1n) is 2.94. The topological polar surface area (TPSA) is 47.0 Å². The predicted octanol–water partition coefficient (Wildman–Crippen LogP) is 1.57. The molecule has 0 N–H and O–H groups in total. The quantitative estimate of drug-likeness (QED) is 0.737. The maximum atomic E-state index is 11.9. The Balaban J connectivity index is 3.16. The molecule has 0 aliphatic carbocycles. The van der Waals surface area contributed by atoms with Crippen LogP contribution in [0.15, 0.2) is 10.4 Å². The lowest BCUT2D eigenvalue weighted by Gasteiger charge is -1.98. The minimum Gasteiger partial charge on any atom is -0.239 e. The predicted molar refractivity (Wildman–Crippen MR) is 40.2 cm³/mol. The maximum Gasteiger partial charge on any atom is 0.443 e. The average molecular weight is 231 g/mol. The lowest BCUT2D eigenvalue weighted by atomic mass is 10.7. The molecule has 0 aliphatic heterocycles. The molecule has 8 heteroatoms. The van der Waals surface area contributed by atoms with Crippen LogP contribution in [-0.2, 0) is 16.0 Å². The molecule has 0 spiro atoms. The van der Waals surface area contributed by atoms with Crippen molar-refractivity contribution in [3.05, 3.63) is 11.2 Å². The highest BCUT2D eigenvalue weighted by atomic mass is 32.2. The van der Waals surface area contributed by atoms with Gasteiger partial charge in [0.15, 0.2) is 14.8 Å². The Labute approximate surface area is 76.1 Å². The van der Waals surface area contributed by atoms with Crippen molar-refractivity contribution in [3.8, 4) is 0 Å². The second-order valence-corrected chi connectivity index (χ2v) is 5.53. The molecule has 1 rings (SSSR count). The van der Waals surface area contributed by atoms with Crippen molar-refractivity contribution in [2.24, 2.45) is 0 Å². The average Bonchev–Trinajstić information content (AvgIpc) is 2.28. The summed E-state index contributed by atoms with van der Waals surface area (Å²) in [6, 6.07) is 0. The van der Waals surface area contributed by atoms with Gasteiger partial charge in [-0.2, -0.15) is 13.2 Å². The first kappa shape index (κ1) is 10.5. The monoisotopic (exact) mass is 231 g/mol. The highest BCUT2D eigenvalue weighted by Crippen LogP contribution is 2.33. The van der Waals surface area contributed by atoms with Gasteiger partial charge in [-0.1, -0.05) is 11.3 Å². The van der Waals surface area contributed by atoms with Crippen LogP contribution in [0.4, 0.5) is 13.2 Å². The molecule has 0 atom stereocenters. The molecule has 0 saturated carbocycles. The summed E-state index contributed by atoms with van der Waals surface area (Å²) in [5.41, 5.74) is 0. The molecule has 13 heavy (non-hydrogen) atoms. The van der Waals surface area contributed by atoms with Gasteiger partial charge in [0.1, 0.15) is 4.21 Å². The molecular formula is C5H4F3NO2S2. The van der Waals surface area contributed by atoms with Crippen molar-refractivity contribution in [3.63, 3.8) is 0 Å². The number of halogens is 3. The molecule has 0 bridgehead atoms. The molecule has 74 valence electrons. The maximum absolute atomic E-state index is 11.9. The van der Waals surface area contributed by atoms with Gasteiger partial charge in [0.25, 0.3) is 0 Å². The third-order valence-corrected chi connectivity index (χ3v) is 3.92. The third kappa shape index (κ3) is 2.41. The Hall–Kier alpha value is -0.630. The first-order chi connectivity index (χ1) is 5.71. The molecule has 1 aromatic rings. The van der Waals surface area contributed by atoms with Gasteiger partial charge in [0.05, 0.1) is 6.20 Å². The smallest absolute Gasteiger partial charge is 0.239 e. The van der Waals surface area contributed by atoms with E-state index in [2.05, 4.69) is 4.98 Å². The summed E-state index contributed by atoms with van der Waals surface area (Å²) in [5, 5.41) is -1.15. The largest absolute Gasteiger partial charge is 0.443 e. The molecule has 1 heterocycles. The molecule has 0 amide bonds. The lowest BCUT2D eigenvalue weighted by Crippen LogP contribution is -2.02. The number of hydrogen-bond acceptors (Lipinski definition) is 4. The van der Waals surface area contributed by atoms with Crippen molar-refractivity contribution in [1.29, 1.82) is 0 Å². The second kappa shape index (κ2) is 2.95. The van der Waals surface area contributed by atoms with Gasteiger partial charge < -0.3 is 0 Å². The summed E-state index contributed by atoms with van der Waals surface area (Å²) in [7, 11) is -3.59. The second-order valence-electron chi connectivity index (χ2n) is 2.25. The van der Waals surface area contributed by atoms with Gasteiger partial charge in [-0.15, -0.1) is 0 Å². The van der Waals surface area contributed by atoms with Crippen molar-refractivity contribution in [2.45, 2.75) is 10.4 Å². The van der Waals surface area contributed by atoms with E-state index in [4.69, 9.17) is 0 Å². The Kier molecular flexibility index (Phi) is 2.37. The van der Waals surface area contributed by atoms with Crippen LogP contribution in [0.5, 0.6) is 0 Å². The third-order valence-electron chi connectivity index (χ3n) is 1.09. The minimum absolute atomic E-state index is 0.123. The molecule has 0 aliphatic rings. The molecule has 1 aromatic heterocycles. The number of thiazole rings is 1. The fourth-order valence-corrected chi connectivity index (χ4v) is 2.17. The summed E-state index contributed by atoms with van der Waals surface area (Å²) in [6.45, 7) is 0. The number of sulfone groups is 1. The zero-order valence-corrected chi connectivity index (χ0v) is 7.92. The number of aromatic nitrogens is 1. The van der Waals surface area contributed by atoms with Crippen LogP contribution in [0.2, 0.25) is 0 Å². The van der Waals surface area contributed by atoms with E-state index in [0.29, 0.717) is 6.20 Å². The number of rotatable bonds is 1. The van der Waals surface area contributed by atoms with Gasteiger partial charge in [-0.3, -0.25) is 0 Å². The minimum atomic E-state index is -4.58. The first-order valence-corrected chi connectivity index (χ1v) is 5.65. The van der Waals surface area contributed by atoms with E-state index in [9.17, 15) is 21.6 Å². The molecular weight excluding hydrogens is 227 g/mol. The van der Waals surface area contributed by atoms with E-state index >= 15 is 0 Å². The molecule has 0 saturated heterocycles. The summed E-state index contributed by atoms with van der Waals surface area (Å²) >= 11 is 0.123. The van der Waals surface area contributed by atoms with Crippen LogP contribution in [0.25, 0.3) is 0 Å². The Bertz CT molecular complexity index is 406. The van der Waals surface area contributed by atoms with Gasteiger partial charge in [-0.05, 0) is 0 Å². The summed E-state index contributed by atoms with van der Waals surface area (Å²) in [6.07, 6.45) is -3.03. The number of alkyl halides is 3. The molecule has 0 fully saturated rings. The van der Waals surface area contributed by atoms with Gasteiger partial charge in [-0.25, -0.2) is 13.4 Å². The van der Waals surface area contributed by atoms with Crippen LogP contribution >= 0.6 is 11.3 Å². The van der Waals surface area contributed by atoms with Crippen LogP contribution in [0.3, 0.4) is 0 Å². The highest BCUT2D eigenvalue weighted by Gasteiger charge is 2.35. The fraction of sp³-hybridized carbons (Fsp3) is 0.400. The van der Waals surface area contributed by atoms with E-state index in [1.807, 2.05) is 0 Å². The van der Waals surface area contributed by atoms with E-state index in [1.165, 1.54) is 0 Å². The lowest BCUT2D eigenvalue weighted by molar-refractivity contribution is -0.137. The van der Waals surface area contributed by atoms with Crippen LogP contribution < -0.4 is 0 Å². The van der Waals surface area contributed by atoms with Crippen molar-refractivity contribution < 1.29 is 21.6 Å². The SMILES string of the molecule is CS(=O)(=O)c1cnc(C(F)(F)F)s1. The molecule has 0 radical (unpaired) electrons. The Morgan fingerprint density at radius 3 is 2.23 bits per heavy atom. The van der Waals surface area contributed by atoms with E-state index in [0.717, 1.165) is 6.26 Å². The zero-order chi connectivity index (χ0) is 10.3. The van der Waals surface area contributed by atoms with Gasteiger partial charge in [0, 0.05) is 6.26 Å². The van der Waals surface area contributed by atoms with Gasteiger partial charge in [0.2, 0.25) is 0 Å². The molecule has 3 nitrogen and oxygen atoms in total.